The smallest absolute Gasteiger partial charge is 0.238 e. The van der Waals surface area contributed by atoms with Crippen molar-refractivity contribution in [1.29, 1.82) is 0 Å². The van der Waals surface area contributed by atoms with Gasteiger partial charge in [0.2, 0.25) is 11.8 Å². The first-order valence-electron chi connectivity index (χ1n) is 9.87. The first-order chi connectivity index (χ1) is 14.0. The average molecular weight is 460 g/mol. The number of piperidine rings is 1. The summed E-state index contributed by atoms with van der Waals surface area (Å²) in [6, 6.07) is 14.9. The maximum absolute atomic E-state index is 12.4. The molecule has 1 fully saturated rings. The third-order valence-corrected chi connectivity index (χ3v) is 5.31. The van der Waals surface area contributed by atoms with Crippen molar-refractivity contribution in [2.45, 2.75) is 19.8 Å². The maximum atomic E-state index is 12.4. The predicted octanol–water partition coefficient (Wildman–Crippen LogP) is 4.03. The van der Waals surface area contributed by atoms with E-state index in [2.05, 4.69) is 26.6 Å². The van der Waals surface area contributed by atoms with Crippen LogP contribution in [0.25, 0.3) is 0 Å². The van der Waals surface area contributed by atoms with Crippen molar-refractivity contribution in [1.82, 2.24) is 10.2 Å². The Morgan fingerprint density at radius 1 is 1.10 bits per heavy atom. The second-order valence-electron chi connectivity index (χ2n) is 7.10. The highest BCUT2D eigenvalue weighted by Gasteiger charge is 2.26. The van der Waals surface area contributed by atoms with Gasteiger partial charge in [-0.15, -0.1) is 0 Å². The molecule has 0 aromatic heterocycles. The van der Waals surface area contributed by atoms with Gasteiger partial charge >= 0.3 is 0 Å². The fourth-order valence-electron chi connectivity index (χ4n) is 3.38. The molecule has 3 rings (SSSR count). The molecule has 2 aromatic carbocycles. The number of rotatable bonds is 7. The van der Waals surface area contributed by atoms with Gasteiger partial charge in [-0.3, -0.25) is 14.5 Å². The van der Waals surface area contributed by atoms with Crippen LogP contribution in [0.15, 0.2) is 53.0 Å². The van der Waals surface area contributed by atoms with Crippen LogP contribution in [0, 0.1) is 5.92 Å². The lowest BCUT2D eigenvalue weighted by molar-refractivity contribution is -0.127. The molecule has 6 nitrogen and oxygen atoms in total. The van der Waals surface area contributed by atoms with Crippen LogP contribution in [0.2, 0.25) is 0 Å². The zero-order chi connectivity index (χ0) is 20.6. The van der Waals surface area contributed by atoms with E-state index in [1.54, 1.807) is 0 Å². The van der Waals surface area contributed by atoms with Crippen molar-refractivity contribution >= 4 is 33.4 Å². The van der Waals surface area contributed by atoms with E-state index in [4.69, 9.17) is 4.74 Å². The van der Waals surface area contributed by atoms with Gasteiger partial charge in [0.05, 0.1) is 12.5 Å². The molecule has 7 heteroatoms. The SMILES string of the molecule is CCNC(=O)C1CCCN(CC(=O)Nc2ccc(Oc3ccc(Br)cc3)cc2)C1. The highest BCUT2D eigenvalue weighted by Crippen LogP contribution is 2.24. The molecular formula is C22H26BrN3O3. The number of likely N-dealkylation sites (tertiary alicyclic amines) is 1. The van der Waals surface area contributed by atoms with Crippen molar-refractivity contribution in [3.63, 3.8) is 0 Å². The van der Waals surface area contributed by atoms with E-state index >= 15 is 0 Å². The summed E-state index contributed by atoms with van der Waals surface area (Å²) in [5.41, 5.74) is 0.718. The second kappa shape index (κ2) is 10.4. The van der Waals surface area contributed by atoms with E-state index in [0.717, 1.165) is 35.3 Å². The van der Waals surface area contributed by atoms with Gasteiger partial charge in [0.1, 0.15) is 11.5 Å². The molecule has 0 saturated carbocycles. The molecule has 0 aliphatic carbocycles. The molecule has 1 aliphatic heterocycles. The van der Waals surface area contributed by atoms with Gasteiger partial charge in [0, 0.05) is 23.2 Å². The number of carbonyl (C=O) groups is 2. The van der Waals surface area contributed by atoms with Crippen LogP contribution < -0.4 is 15.4 Å². The number of amides is 2. The van der Waals surface area contributed by atoms with Gasteiger partial charge in [-0.2, -0.15) is 0 Å². The van der Waals surface area contributed by atoms with Crippen LogP contribution in [0.3, 0.4) is 0 Å². The topological polar surface area (TPSA) is 70.7 Å². The van der Waals surface area contributed by atoms with Crippen LogP contribution in [0.1, 0.15) is 19.8 Å². The fraction of sp³-hybridized carbons (Fsp3) is 0.364. The summed E-state index contributed by atoms with van der Waals surface area (Å²) in [6.07, 6.45) is 1.81. The summed E-state index contributed by atoms with van der Waals surface area (Å²) in [6.45, 7) is 4.30. The summed E-state index contributed by atoms with van der Waals surface area (Å²) in [4.78, 5) is 26.5. The Balaban J connectivity index is 1.49. The summed E-state index contributed by atoms with van der Waals surface area (Å²) >= 11 is 3.40. The molecule has 1 aliphatic rings. The van der Waals surface area contributed by atoms with E-state index in [1.807, 2.05) is 60.4 Å². The monoisotopic (exact) mass is 459 g/mol. The number of anilines is 1. The molecule has 154 valence electrons. The van der Waals surface area contributed by atoms with Crippen molar-refractivity contribution in [3.8, 4) is 11.5 Å². The Morgan fingerprint density at radius 3 is 2.41 bits per heavy atom. The number of ether oxygens (including phenoxy) is 1. The van der Waals surface area contributed by atoms with Gasteiger partial charge in [0.25, 0.3) is 0 Å². The molecule has 1 atom stereocenters. The van der Waals surface area contributed by atoms with E-state index in [-0.39, 0.29) is 24.3 Å². The van der Waals surface area contributed by atoms with Crippen molar-refractivity contribution in [3.05, 3.63) is 53.0 Å². The molecule has 29 heavy (non-hydrogen) atoms. The van der Waals surface area contributed by atoms with Crippen molar-refractivity contribution in [2.75, 3.05) is 31.5 Å². The Hall–Kier alpha value is -2.38. The molecule has 0 spiro atoms. The number of hydrogen-bond acceptors (Lipinski definition) is 4. The predicted molar refractivity (Wildman–Crippen MR) is 117 cm³/mol. The summed E-state index contributed by atoms with van der Waals surface area (Å²) in [7, 11) is 0. The molecule has 1 unspecified atom stereocenters. The van der Waals surface area contributed by atoms with Crippen LogP contribution in [0.4, 0.5) is 5.69 Å². The van der Waals surface area contributed by atoms with Gasteiger partial charge in [-0.1, -0.05) is 15.9 Å². The largest absolute Gasteiger partial charge is 0.457 e. The lowest BCUT2D eigenvalue weighted by Crippen LogP contribution is -2.45. The van der Waals surface area contributed by atoms with Gasteiger partial charge in [-0.05, 0) is 74.8 Å². The van der Waals surface area contributed by atoms with E-state index in [0.29, 0.717) is 18.8 Å². The lowest BCUT2D eigenvalue weighted by Gasteiger charge is -2.31. The zero-order valence-electron chi connectivity index (χ0n) is 16.5. The maximum Gasteiger partial charge on any atom is 0.238 e. The minimum absolute atomic E-state index is 0.0356. The van der Waals surface area contributed by atoms with Crippen LogP contribution in [0.5, 0.6) is 11.5 Å². The quantitative estimate of drug-likeness (QED) is 0.655. The van der Waals surface area contributed by atoms with E-state index in [9.17, 15) is 9.59 Å². The van der Waals surface area contributed by atoms with Crippen LogP contribution >= 0.6 is 15.9 Å². The number of carbonyl (C=O) groups excluding carboxylic acids is 2. The second-order valence-corrected chi connectivity index (χ2v) is 8.01. The number of nitrogens with one attached hydrogen (secondary N) is 2. The minimum atomic E-state index is -0.0804. The molecule has 1 heterocycles. The highest BCUT2D eigenvalue weighted by molar-refractivity contribution is 9.10. The first-order valence-corrected chi connectivity index (χ1v) is 10.7. The molecule has 2 amide bonds. The van der Waals surface area contributed by atoms with Crippen LogP contribution in [-0.2, 0) is 9.59 Å². The van der Waals surface area contributed by atoms with Crippen molar-refractivity contribution in [2.24, 2.45) is 5.92 Å². The summed E-state index contributed by atoms with van der Waals surface area (Å²) in [5, 5.41) is 5.79. The third kappa shape index (κ3) is 6.58. The molecule has 2 aromatic rings. The molecule has 0 radical (unpaired) electrons. The van der Waals surface area contributed by atoms with Gasteiger partial charge in [0.15, 0.2) is 0 Å². The molecule has 1 saturated heterocycles. The molecular weight excluding hydrogens is 434 g/mol. The van der Waals surface area contributed by atoms with Crippen molar-refractivity contribution < 1.29 is 14.3 Å². The minimum Gasteiger partial charge on any atom is -0.457 e. The Kier molecular flexibility index (Phi) is 7.66. The van der Waals surface area contributed by atoms with E-state index < -0.39 is 0 Å². The highest BCUT2D eigenvalue weighted by atomic mass is 79.9. The lowest BCUT2D eigenvalue weighted by atomic mass is 9.97. The fourth-order valence-corrected chi connectivity index (χ4v) is 3.64. The Bertz CT molecular complexity index is 824. The number of benzene rings is 2. The van der Waals surface area contributed by atoms with E-state index in [1.165, 1.54) is 0 Å². The average Bonchev–Trinajstić information content (AvgIpc) is 2.71. The normalized spacial score (nSPS) is 16.8. The molecule has 2 N–H and O–H groups in total. The number of hydrogen-bond donors (Lipinski definition) is 2. The number of halogens is 1. The third-order valence-electron chi connectivity index (χ3n) is 4.78. The first kappa shape index (κ1) is 21.3. The standard InChI is InChI=1S/C22H26BrN3O3/c1-2-24-22(28)16-4-3-13-26(14-16)15-21(27)25-18-7-11-20(12-8-18)29-19-9-5-17(23)6-10-19/h5-12,16H,2-4,13-15H2,1H3,(H,24,28)(H,25,27). The summed E-state index contributed by atoms with van der Waals surface area (Å²) in [5.74, 6) is 1.41. The number of nitrogens with zero attached hydrogens (tertiary/aromatic N) is 1. The van der Waals surface area contributed by atoms with Gasteiger partial charge in [-0.25, -0.2) is 0 Å². The summed E-state index contributed by atoms with van der Waals surface area (Å²) < 4.78 is 6.78. The van der Waals surface area contributed by atoms with Gasteiger partial charge < -0.3 is 15.4 Å². The zero-order valence-corrected chi connectivity index (χ0v) is 18.1. The van der Waals surface area contributed by atoms with Crippen LogP contribution in [-0.4, -0.2) is 42.9 Å². The Labute approximate surface area is 179 Å². The molecule has 0 bridgehead atoms. The Morgan fingerprint density at radius 2 is 1.76 bits per heavy atom.